The number of amides is 2. The zero-order chi connectivity index (χ0) is 19.2. The van der Waals surface area contributed by atoms with Crippen LogP contribution in [-0.4, -0.2) is 16.8 Å². The lowest BCUT2D eigenvalue weighted by Crippen LogP contribution is -2.13. The van der Waals surface area contributed by atoms with E-state index in [2.05, 4.69) is 20.9 Å². The summed E-state index contributed by atoms with van der Waals surface area (Å²) in [7, 11) is 0. The highest BCUT2D eigenvalue weighted by atomic mass is 16.2. The molecule has 0 saturated heterocycles. The molecule has 0 saturated carbocycles. The molecule has 0 radical (unpaired) electrons. The van der Waals surface area contributed by atoms with Gasteiger partial charge in [0.25, 0.3) is 5.91 Å². The third-order valence-corrected chi connectivity index (χ3v) is 3.87. The number of anilines is 4. The third-order valence-electron chi connectivity index (χ3n) is 3.87. The molecular formula is C21H20N4O2. The van der Waals surface area contributed by atoms with Crippen LogP contribution in [0.15, 0.2) is 66.9 Å². The molecule has 3 rings (SSSR count). The molecular weight excluding hydrogens is 340 g/mol. The van der Waals surface area contributed by atoms with Crippen molar-refractivity contribution in [3.05, 3.63) is 78.0 Å². The SMILES string of the molecule is CC(=O)Nc1cccc(NC(=O)c2ccnc(Nc3ccccc3C)c2)c1. The van der Waals surface area contributed by atoms with Gasteiger partial charge in [0.15, 0.2) is 0 Å². The smallest absolute Gasteiger partial charge is 0.255 e. The second-order valence-electron chi connectivity index (χ2n) is 6.09. The molecule has 2 aromatic carbocycles. The number of nitrogens with one attached hydrogen (secondary N) is 3. The first-order chi connectivity index (χ1) is 13.0. The summed E-state index contributed by atoms with van der Waals surface area (Å²) in [6.45, 7) is 3.44. The number of pyridine rings is 1. The Morgan fingerprint density at radius 3 is 2.37 bits per heavy atom. The van der Waals surface area contributed by atoms with Crippen LogP contribution in [0.2, 0.25) is 0 Å². The largest absolute Gasteiger partial charge is 0.340 e. The predicted molar refractivity (Wildman–Crippen MR) is 107 cm³/mol. The summed E-state index contributed by atoms with van der Waals surface area (Å²) in [6.07, 6.45) is 1.59. The van der Waals surface area contributed by atoms with Crippen LogP contribution in [0.3, 0.4) is 0 Å². The van der Waals surface area contributed by atoms with E-state index in [1.807, 2.05) is 31.2 Å². The molecule has 6 heteroatoms. The van der Waals surface area contributed by atoms with E-state index < -0.39 is 0 Å². The van der Waals surface area contributed by atoms with Gasteiger partial charge < -0.3 is 16.0 Å². The highest BCUT2D eigenvalue weighted by Crippen LogP contribution is 2.20. The summed E-state index contributed by atoms with van der Waals surface area (Å²) in [5, 5.41) is 8.74. The van der Waals surface area contributed by atoms with Crippen molar-refractivity contribution < 1.29 is 9.59 Å². The minimum Gasteiger partial charge on any atom is -0.340 e. The van der Waals surface area contributed by atoms with Crippen molar-refractivity contribution in [1.82, 2.24) is 4.98 Å². The van der Waals surface area contributed by atoms with Gasteiger partial charge >= 0.3 is 0 Å². The fourth-order valence-corrected chi connectivity index (χ4v) is 2.57. The molecule has 27 heavy (non-hydrogen) atoms. The molecule has 0 aliphatic rings. The number of aryl methyl sites for hydroxylation is 1. The number of rotatable bonds is 5. The van der Waals surface area contributed by atoms with Gasteiger partial charge in [-0.25, -0.2) is 4.98 Å². The summed E-state index contributed by atoms with van der Waals surface area (Å²) in [4.78, 5) is 28.0. The Hall–Kier alpha value is -3.67. The van der Waals surface area contributed by atoms with E-state index in [0.29, 0.717) is 22.8 Å². The molecule has 0 bridgehead atoms. The predicted octanol–water partition coefficient (Wildman–Crippen LogP) is 4.34. The van der Waals surface area contributed by atoms with Crippen LogP contribution in [-0.2, 0) is 4.79 Å². The number of hydrogen-bond donors (Lipinski definition) is 3. The minimum atomic E-state index is -0.259. The van der Waals surface area contributed by atoms with Crippen LogP contribution in [0, 0.1) is 6.92 Å². The van der Waals surface area contributed by atoms with Crippen LogP contribution in [0.1, 0.15) is 22.8 Å². The van der Waals surface area contributed by atoms with Gasteiger partial charge in [-0.1, -0.05) is 24.3 Å². The topological polar surface area (TPSA) is 83.1 Å². The molecule has 3 aromatic rings. The third kappa shape index (κ3) is 4.92. The summed E-state index contributed by atoms with van der Waals surface area (Å²) >= 11 is 0. The highest BCUT2D eigenvalue weighted by Gasteiger charge is 2.09. The molecule has 0 atom stereocenters. The van der Waals surface area contributed by atoms with Gasteiger partial charge in [-0.2, -0.15) is 0 Å². The Morgan fingerprint density at radius 2 is 1.63 bits per heavy atom. The van der Waals surface area contributed by atoms with Gasteiger partial charge in [0.1, 0.15) is 5.82 Å². The zero-order valence-corrected chi connectivity index (χ0v) is 15.1. The average Bonchev–Trinajstić information content (AvgIpc) is 2.64. The monoisotopic (exact) mass is 360 g/mol. The summed E-state index contributed by atoms with van der Waals surface area (Å²) < 4.78 is 0. The molecule has 0 aliphatic carbocycles. The van der Waals surface area contributed by atoms with Crippen molar-refractivity contribution in [2.24, 2.45) is 0 Å². The van der Waals surface area contributed by atoms with Gasteiger partial charge in [0.2, 0.25) is 5.91 Å². The first-order valence-corrected chi connectivity index (χ1v) is 8.49. The molecule has 136 valence electrons. The minimum absolute atomic E-state index is 0.167. The highest BCUT2D eigenvalue weighted by molar-refractivity contribution is 6.05. The zero-order valence-electron chi connectivity index (χ0n) is 15.1. The van der Waals surface area contributed by atoms with E-state index in [4.69, 9.17) is 0 Å². The fourth-order valence-electron chi connectivity index (χ4n) is 2.57. The Balaban J connectivity index is 1.74. The maximum Gasteiger partial charge on any atom is 0.255 e. The number of aromatic nitrogens is 1. The Labute approximate surface area is 157 Å². The second kappa shape index (κ2) is 8.14. The number of nitrogens with zero attached hydrogens (tertiary/aromatic N) is 1. The Morgan fingerprint density at radius 1 is 0.889 bits per heavy atom. The molecule has 6 nitrogen and oxygen atoms in total. The van der Waals surface area contributed by atoms with Crippen molar-refractivity contribution in [2.45, 2.75) is 13.8 Å². The van der Waals surface area contributed by atoms with Crippen LogP contribution < -0.4 is 16.0 Å². The number of carbonyl (C=O) groups excluding carboxylic acids is 2. The summed E-state index contributed by atoms with van der Waals surface area (Å²) in [5.41, 5.74) is 3.72. The molecule has 0 unspecified atom stereocenters. The number of hydrogen-bond acceptors (Lipinski definition) is 4. The fraction of sp³-hybridized carbons (Fsp3) is 0.0952. The van der Waals surface area contributed by atoms with Crippen LogP contribution in [0.4, 0.5) is 22.9 Å². The Kier molecular flexibility index (Phi) is 5.47. The van der Waals surface area contributed by atoms with Gasteiger partial charge in [0, 0.05) is 35.7 Å². The van der Waals surface area contributed by atoms with Crippen LogP contribution >= 0.6 is 0 Å². The summed E-state index contributed by atoms with van der Waals surface area (Å²) in [6, 6.07) is 18.2. The van der Waals surface area contributed by atoms with E-state index in [1.54, 1.807) is 42.6 Å². The quantitative estimate of drug-likeness (QED) is 0.632. The number of carbonyl (C=O) groups is 2. The van der Waals surface area contributed by atoms with E-state index in [0.717, 1.165) is 11.3 Å². The normalized spacial score (nSPS) is 10.1. The van der Waals surface area contributed by atoms with Gasteiger partial charge in [-0.3, -0.25) is 9.59 Å². The standard InChI is InChI=1S/C21H20N4O2/c1-14-6-3-4-9-19(14)25-20-12-16(10-11-22-20)21(27)24-18-8-5-7-17(13-18)23-15(2)26/h3-13H,1-2H3,(H,22,25)(H,23,26)(H,24,27). The van der Waals surface area contributed by atoms with Gasteiger partial charge in [0.05, 0.1) is 0 Å². The van der Waals surface area contributed by atoms with Gasteiger partial charge in [-0.15, -0.1) is 0 Å². The van der Waals surface area contributed by atoms with E-state index in [1.165, 1.54) is 6.92 Å². The van der Waals surface area contributed by atoms with E-state index >= 15 is 0 Å². The number of benzene rings is 2. The Bertz CT molecular complexity index is 985. The molecule has 0 spiro atoms. The lowest BCUT2D eigenvalue weighted by atomic mass is 10.2. The van der Waals surface area contributed by atoms with Crippen molar-refractivity contribution in [1.29, 1.82) is 0 Å². The molecule has 1 heterocycles. The van der Waals surface area contributed by atoms with Gasteiger partial charge in [-0.05, 0) is 48.9 Å². The molecule has 3 N–H and O–H groups in total. The van der Waals surface area contributed by atoms with E-state index in [-0.39, 0.29) is 11.8 Å². The molecule has 0 fully saturated rings. The second-order valence-corrected chi connectivity index (χ2v) is 6.09. The van der Waals surface area contributed by atoms with Crippen LogP contribution in [0.25, 0.3) is 0 Å². The van der Waals surface area contributed by atoms with Crippen molar-refractivity contribution in [2.75, 3.05) is 16.0 Å². The first kappa shape index (κ1) is 18.1. The van der Waals surface area contributed by atoms with Crippen molar-refractivity contribution in [3.63, 3.8) is 0 Å². The molecule has 0 aliphatic heterocycles. The lowest BCUT2D eigenvalue weighted by Gasteiger charge is -2.11. The maximum atomic E-state index is 12.6. The van der Waals surface area contributed by atoms with Crippen molar-refractivity contribution >= 4 is 34.7 Å². The average molecular weight is 360 g/mol. The lowest BCUT2D eigenvalue weighted by molar-refractivity contribution is -0.114. The van der Waals surface area contributed by atoms with Crippen molar-refractivity contribution in [3.8, 4) is 0 Å². The maximum absolute atomic E-state index is 12.6. The van der Waals surface area contributed by atoms with Crippen LogP contribution in [0.5, 0.6) is 0 Å². The first-order valence-electron chi connectivity index (χ1n) is 8.49. The van der Waals surface area contributed by atoms with E-state index in [9.17, 15) is 9.59 Å². The summed E-state index contributed by atoms with van der Waals surface area (Å²) in [5.74, 6) is 0.161. The molecule has 2 amide bonds. The number of para-hydroxylation sites is 1. The molecule has 1 aromatic heterocycles.